The summed E-state index contributed by atoms with van der Waals surface area (Å²) in [5.74, 6) is 0.0396. The second-order valence-electron chi connectivity index (χ2n) is 4.71. The van der Waals surface area contributed by atoms with Crippen molar-refractivity contribution < 1.29 is 9.90 Å². The maximum absolute atomic E-state index is 12.3. The van der Waals surface area contributed by atoms with Crippen LogP contribution in [0.3, 0.4) is 0 Å². The number of halogens is 2. The summed E-state index contributed by atoms with van der Waals surface area (Å²) >= 11 is 11.7. The standard InChI is InChI=1S/C13H15Cl2NO2/c1-8-7-16(5-4-12(8)17)13(18)9-2-3-10(14)11(15)6-9/h2-3,6,8,12,17H,4-5,7H2,1H3. The van der Waals surface area contributed by atoms with Crippen LogP contribution in [-0.4, -0.2) is 35.1 Å². The van der Waals surface area contributed by atoms with Crippen LogP contribution in [0.15, 0.2) is 18.2 Å². The molecule has 98 valence electrons. The van der Waals surface area contributed by atoms with Gasteiger partial charge in [0.05, 0.1) is 16.1 Å². The highest BCUT2D eigenvalue weighted by molar-refractivity contribution is 6.42. The zero-order valence-electron chi connectivity index (χ0n) is 10.1. The van der Waals surface area contributed by atoms with E-state index in [1.165, 1.54) is 0 Å². The molecule has 1 heterocycles. The second-order valence-corrected chi connectivity index (χ2v) is 5.53. The number of amides is 1. The van der Waals surface area contributed by atoms with Crippen LogP contribution in [0.4, 0.5) is 0 Å². The second kappa shape index (κ2) is 5.47. The molecule has 1 fully saturated rings. The minimum absolute atomic E-state index is 0.0627. The SMILES string of the molecule is CC1CN(C(=O)c2ccc(Cl)c(Cl)c2)CCC1O. The van der Waals surface area contributed by atoms with Gasteiger partial charge in [0, 0.05) is 18.7 Å². The summed E-state index contributed by atoms with van der Waals surface area (Å²) in [6, 6.07) is 4.88. The van der Waals surface area contributed by atoms with E-state index in [1.54, 1.807) is 23.1 Å². The number of rotatable bonds is 1. The molecule has 3 nitrogen and oxygen atoms in total. The van der Waals surface area contributed by atoms with Crippen LogP contribution in [0, 0.1) is 5.92 Å². The molecule has 1 aromatic carbocycles. The summed E-state index contributed by atoms with van der Waals surface area (Å²) in [6.07, 6.45) is 0.302. The Bertz CT molecular complexity index is 464. The third-order valence-electron chi connectivity index (χ3n) is 3.31. The Morgan fingerprint density at radius 2 is 2.11 bits per heavy atom. The van der Waals surface area contributed by atoms with Gasteiger partial charge in [-0.05, 0) is 30.5 Å². The first kappa shape index (κ1) is 13.7. The van der Waals surface area contributed by atoms with E-state index < -0.39 is 0 Å². The van der Waals surface area contributed by atoms with Crippen LogP contribution in [0.1, 0.15) is 23.7 Å². The molecule has 0 aromatic heterocycles. The molecule has 1 aliphatic rings. The summed E-state index contributed by atoms with van der Waals surface area (Å²) < 4.78 is 0. The molecule has 1 aliphatic heterocycles. The molecule has 2 rings (SSSR count). The average molecular weight is 288 g/mol. The van der Waals surface area contributed by atoms with Crippen molar-refractivity contribution in [2.75, 3.05) is 13.1 Å². The third-order valence-corrected chi connectivity index (χ3v) is 4.05. The van der Waals surface area contributed by atoms with Gasteiger partial charge in [-0.3, -0.25) is 4.79 Å². The number of carbonyl (C=O) groups is 1. The van der Waals surface area contributed by atoms with Crippen molar-refractivity contribution in [1.29, 1.82) is 0 Å². The van der Waals surface area contributed by atoms with Gasteiger partial charge in [-0.2, -0.15) is 0 Å². The molecular formula is C13H15Cl2NO2. The van der Waals surface area contributed by atoms with Crippen molar-refractivity contribution in [2.45, 2.75) is 19.4 Å². The molecule has 0 radical (unpaired) electrons. The van der Waals surface area contributed by atoms with Gasteiger partial charge in [-0.25, -0.2) is 0 Å². The smallest absolute Gasteiger partial charge is 0.253 e. The van der Waals surface area contributed by atoms with Gasteiger partial charge in [-0.15, -0.1) is 0 Å². The first-order chi connectivity index (χ1) is 8.49. The molecule has 1 amide bonds. The Morgan fingerprint density at radius 1 is 1.39 bits per heavy atom. The Kier molecular flexibility index (Phi) is 4.15. The lowest BCUT2D eigenvalue weighted by molar-refractivity contribution is 0.0297. The normalized spacial score (nSPS) is 24.1. The van der Waals surface area contributed by atoms with Crippen LogP contribution in [0.25, 0.3) is 0 Å². The predicted molar refractivity (Wildman–Crippen MR) is 72.2 cm³/mol. The topological polar surface area (TPSA) is 40.5 Å². The molecule has 1 saturated heterocycles. The maximum atomic E-state index is 12.3. The van der Waals surface area contributed by atoms with Crippen LogP contribution in [-0.2, 0) is 0 Å². The molecule has 1 aromatic rings. The predicted octanol–water partition coefficient (Wildman–Crippen LogP) is 2.84. The van der Waals surface area contributed by atoms with Crippen molar-refractivity contribution >= 4 is 29.1 Å². The summed E-state index contributed by atoms with van der Waals surface area (Å²) in [5.41, 5.74) is 0.535. The van der Waals surface area contributed by atoms with Crippen LogP contribution in [0.2, 0.25) is 10.0 Å². The van der Waals surface area contributed by atoms with Crippen molar-refractivity contribution in [3.05, 3.63) is 33.8 Å². The minimum atomic E-state index is -0.317. The van der Waals surface area contributed by atoms with E-state index in [0.29, 0.717) is 35.1 Å². The fourth-order valence-electron chi connectivity index (χ4n) is 2.13. The first-order valence-electron chi connectivity index (χ1n) is 5.91. The monoisotopic (exact) mass is 287 g/mol. The first-order valence-corrected chi connectivity index (χ1v) is 6.67. The van der Waals surface area contributed by atoms with E-state index in [1.807, 2.05) is 6.92 Å². The largest absolute Gasteiger partial charge is 0.393 e. The van der Waals surface area contributed by atoms with Crippen molar-refractivity contribution in [3.63, 3.8) is 0 Å². The summed E-state index contributed by atoms with van der Waals surface area (Å²) in [5, 5.41) is 10.5. The molecule has 0 bridgehead atoms. The van der Waals surface area contributed by atoms with Crippen LogP contribution in [0.5, 0.6) is 0 Å². The molecule has 0 spiro atoms. The molecule has 0 saturated carbocycles. The maximum Gasteiger partial charge on any atom is 0.253 e. The fraction of sp³-hybridized carbons (Fsp3) is 0.462. The minimum Gasteiger partial charge on any atom is -0.393 e. The zero-order valence-corrected chi connectivity index (χ0v) is 11.6. The van der Waals surface area contributed by atoms with Gasteiger partial charge in [0.25, 0.3) is 5.91 Å². The van der Waals surface area contributed by atoms with E-state index in [-0.39, 0.29) is 17.9 Å². The Balaban J connectivity index is 2.14. The number of benzene rings is 1. The highest BCUT2D eigenvalue weighted by Crippen LogP contribution is 2.24. The molecule has 5 heteroatoms. The van der Waals surface area contributed by atoms with E-state index in [0.717, 1.165) is 0 Å². The van der Waals surface area contributed by atoms with E-state index in [9.17, 15) is 9.90 Å². The number of hydrogen-bond acceptors (Lipinski definition) is 2. The van der Waals surface area contributed by atoms with Gasteiger partial charge in [-0.1, -0.05) is 30.1 Å². The van der Waals surface area contributed by atoms with Crippen molar-refractivity contribution in [1.82, 2.24) is 4.90 Å². The average Bonchev–Trinajstić information content (AvgIpc) is 2.35. The van der Waals surface area contributed by atoms with Gasteiger partial charge >= 0.3 is 0 Å². The van der Waals surface area contributed by atoms with Gasteiger partial charge in [0.15, 0.2) is 0 Å². The highest BCUT2D eigenvalue weighted by Gasteiger charge is 2.27. The number of nitrogens with zero attached hydrogens (tertiary/aromatic N) is 1. The Labute approximate surface area is 116 Å². The summed E-state index contributed by atoms with van der Waals surface area (Å²) in [7, 11) is 0. The van der Waals surface area contributed by atoms with Crippen LogP contribution < -0.4 is 0 Å². The van der Waals surface area contributed by atoms with Gasteiger partial charge in [0.2, 0.25) is 0 Å². The summed E-state index contributed by atoms with van der Waals surface area (Å²) in [6.45, 7) is 3.09. The number of hydrogen-bond donors (Lipinski definition) is 1. The molecule has 2 unspecified atom stereocenters. The Morgan fingerprint density at radius 3 is 2.72 bits per heavy atom. The van der Waals surface area contributed by atoms with Gasteiger partial charge < -0.3 is 10.0 Å². The molecular weight excluding hydrogens is 273 g/mol. The molecule has 1 N–H and O–H groups in total. The molecule has 0 aliphatic carbocycles. The van der Waals surface area contributed by atoms with E-state index in [4.69, 9.17) is 23.2 Å². The number of aliphatic hydroxyl groups excluding tert-OH is 1. The third kappa shape index (κ3) is 2.79. The van der Waals surface area contributed by atoms with E-state index in [2.05, 4.69) is 0 Å². The molecule has 2 atom stereocenters. The lowest BCUT2D eigenvalue weighted by Crippen LogP contribution is -2.44. The number of aliphatic hydroxyl groups is 1. The number of piperidine rings is 1. The number of likely N-dealkylation sites (tertiary alicyclic amines) is 1. The van der Waals surface area contributed by atoms with Gasteiger partial charge in [0.1, 0.15) is 0 Å². The van der Waals surface area contributed by atoms with Crippen molar-refractivity contribution in [2.24, 2.45) is 5.92 Å². The zero-order chi connectivity index (χ0) is 13.3. The highest BCUT2D eigenvalue weighted by atomic mass is 35.5. The molecule has 18 heavy (non-hydrogen) atoms. The Hall–Kier alpha value is -0.770. The lowest BCUT2D eigenvalue weighted by Gasteiger charge is -2.34. The number of carbonyl (C=O) groups excluding carboxylic acids is 1. The lowest BCUT2D eigenvalue weighted by atomic mass is 9.96. The fourth-order valence-corrected chi connectivity index (χ4v) is 2.43. The van der Waals surface area contributed by atoms with Crippen LogP contribution >= 0.6 is 23.2 Å². The summed E-state index contributed by atoms with van der Waals surface area (Å²) in [4.78, 5) is 14.0. The van der Waals surface area contributed by atoms with Crippen molar-refractivity contribution in [3.8, 4) is 0 Å². The quantitative estimate of drug-likeness (QED) is 0.863. The van der Waals surface area contributed by atoms with E-state index >= 15 is 0 Å².